The van der Waals surface area contributed by atoms with Crippen LogP contribution in [0.5, 0.6) is 5.75 Å². The van der Waals surface area contributed by atoms with E-state index in [-0.39, 0.29) is 5.56 Å². The van der Waals surface area contributed by atoms with Crippen LogP contribution in [0.4, 0.5) is 11.4 Å². The fourth-order valence-electron chi connectivity index (χ4n) is 2.15. The maximum Gasteiger partial charge on any atom is 0.335 e. The smallest absolute Gasteiger partial charge is 0.335 e. The van der Waals surface area contributed by atoms with E-state index in [0.717, 1.165) is 11.3 Å². The van der Waals surface area contributed by atoms with Crippen molar-refractivity contribution in [1.82, 2.24) is 0 Å². The van der Waals surface area contributed by atoms with Crippen LogP contribution in [0.1, 0.15) is 15.9 Å². The number of nitrogens with two attached hydrogens (primary N) is 2. The third-order valence-corrected chi connectivity index (χ3v) is 3.36. The molecule has 0 aliphatic carbocycles. The number of benzene rings is 2. The van der Waals surface area contributed by atoms with Gasteiger partial charge in [-0.2, -0.15) is 0 Å². The van der Waals surface area contributed by atoms with Crippen LogP contribution in [-0.2, 0) is 6.42 Å². The standard InChI is InChI=1S/C16H19N3O3/c1-22-13-4-2-3-11(9-13)7-8-19(18)15-6-5-12(16(20)21)10-14(15)17/h2-6,9-10H,7-8,17-18H2,1H3,(H,20,21). The largest absolute Gasteiger partial charge is 0.497 e. The summed E-state index contributed by atoms with van der Waals surface area (Å²) >= 11 is 0. The fourth-order valence-corrected chi connectivity index (χ4v) is 2.15. The molecule has 0 aliphatic heterocycles. The van der Waals surface area contributed by atoms with Gasteiger partial charge in [-0.25, -0.2) is 10.6 Å². The summed E-state index contributed by atoms with van der Waals surface area (Å²) in [6.07, 6.45) is 0.716. The summed E-state index contributed by atoms with van der Waals surface area (Å²) < 4.78 is 5.18. The number of methoxy groups -OCH3 is 1. The Hall–Kier alpha value is -2.73. The number of rotatable bonds is 6. The number of carboxylic acid groups (broad SMARTS) is 1. The molecule has 0 spiro atoms. The Morgan fingerprint density at radius 2 is 2.05 bits per heavy atom. The summed E-state index contributed by atoms with van der Waals surface area (Å²) in [6.45, 7) is 0.545. The summed E-state index contributed by atoms with van der Waals surface area (Å²) in [7, 11) is 1.62. The molecular weight excluding hydrogens is 282 g/mol. The van der Waals surface area contributed by atoms with Gasteiger partial charge in [0.1, 0.15) is 5.75 Å². The number of hydrogen-bond donors (Lipinski definition) is 3. The van der Waals surface area contributed by atoms with E-state index in [9.17, 15) is 4.79 Å². The van der Waals surface area contributed by atoms with Crippen molar-refractivity contribution in [3.63, 3.8) is 0 Å². The van der Waals surface area contributed by atoms with Crippen molar-refractivity contribution in [3.8, 4) is 5.75 Å². The first kappa shape index (κ1) is 15.7. The van der Waals surface area contributed by atoms with Crippen LogP contribution in [0.3, 0.4) is 0 Å². The van der Waals surface area contributed by atoms with Gasteiger partial charge in [-0.3, -0.25) is 0 Å². The molecule has 22 heavy (non-hydrogen) atoms. The molecule has 2 aromatic carbocycles. The highest BCUT2D eigenvalue weighted by Gasteiger charge is 2.10. The molecule has 5 N–H and O–H groups in total. The van der Waals surface area contributed by atoms with Crippen molar-refractivity contribution >= 4 is 17.3 Å². The number of anilines is 2. The van der Waals surface area contributed by atoms with Gasteiger partial charge >= 0.3 is 5.97 Å². The number of nitrogens with zero attached hydrogens (tertiary/aromatic N) is 1. The summed E-state index contributed by atoms with van der Waals surface area (Å²) in [6, 6.07) is 12.3. The summed E-state index contributed by atoms with van der Waals surface area (Å²) in [5.74, 6) is 5.80. The first-order valence-electron chi connectivity index (χ1n) is 6.79. The number of carboxylic acids is 1. The van der Waals surface area contributed by atoms with Gasteiger partial charge in [-0.15, -0.1) is 0 Å². The zero-order chi connectivity index (χ0) is 16.1. The topological polar surface area (TPSA) is 102 Å². The summed E-state index contributed by atoms with van der Waals surface area (Å²) in [5, 5.41) is 10.4. The zero-order valence-electron chi connectivity index (χ0n) is 12.3. The van der Waals surface area contributed by atoms with Crippen molar-refractivity contribution in [1.29, 1.82) is 0 Å². The highest BCUT2D eigenvalue weighted by atomic mass is 16.5. The Labute approximate surface area is 128 Å². The van der Waals surface area contributed by atoms with Crippen LogP contribution in [0.2, 0.25) is 0 Å². The van der Waals surface area contributed by atoms with Gasteiger partial charge in [0.15, 0.2) is 0 Å². The molecule has 0 saturated carbocycles. The maximum absolute atomic E-state index is 10.9. The molecule has 0 unspecified atom stereocenters. The number of hydrazine groups is 1. The minimum absolute atomic E-state index is 0.141. The van der Waals surface area contributed by atoms with E-state index < -0.39 is 5.97 Å². The number of nitrogen functional groups attached to an aromatic ring is 1. The Balaban J connectivity index is 2.05. The van der Waals surface area contributed by atoms with Gasteiger partial charge in [-0.1, -0.05) is 12.1 Å². The van der Waals surface area contributed by atoms with Gasteiger partial charge in [0, 0.05) is 6.54 Å². The van der Waals surface area contributed by atoms with E-state index in [2.05, 4.69) is 0 Å². The van der Waals surface area contributed by atoms with E-state index in [4.69, 9.17) is 21.4 Å². The van der Waals surface area contributed by atoms with Crippen molar-refractivity contribution in [2.75, 3.05) is 24.4 Å². The third-order valence-electron chi connectivity index (χ3n) is 3.36. The predicted octanol–water partition coefficient (Wildman–Crippen LogP) is 1.90. The Kier molecular flexibility index (Phi) is 4.85. The van der Waals surface area contributed by atoms with Gasteiger partial charge in [0.05, 0.1) is 24.0 Å². The van der Waals surface area contributed by atoms with Gasteiger partial charge in [-0.05, 0) is 42.3 Å². The Morgan fingerprint density at radius 1 is 1.27 bits per heavy atom. The summed E-state index contributed by atoms with van der Waals surface area (Å²) in [4.78, 5) is 10.9. The van der Waals surface area contributed by atoms with Crippen molar-refractivity contribution in [3.05, 3.63) is 53.6 Å². The van der Waals surface area contributed by atoms with Crippen molar-refractivity contribution < 1.29 is 14.6 Å². The van der Waals surface area contributed by atoms with Gasteiger partial charge in [0.25, 0.3) is 0 Å². The molecule has 0 fully saturated rings. The predicted molar refractivity (Wildman–Crippen MR) is 86.0 cm³/mol. The van der Waals surface area contributed by atoms with Gasteiger partial charge in [0.2, 0.25) is 0 Å². The molecular formula is C16H19N3O3. The molecule has 116 valence electrons. The van der Waals surface area contributed by atoms with Crippen molar-refractivity contribution in [2.24, 2.45) is 5.84 Å². The van der Waals surface area contributed by atoms with Crippen LogP contribution in [0.25, 0.3) is 0 Å². The maximum atomic E-state index is 10.9. The number of hydrogen-bond acceptors (Lipinski definition) is 5. The molecule has 6 nitrogen and oxygen atoms in total. The minimum Gasteiger partial charge on any atom is -0.497 e. The molecule has 0 aromatic heterocycles. The second kappa shape index (κ2) is 6.82. The van der Waals surface area contributed by atoms with E-state index in [1.54, 1.807) is 13.2 Å². The Morgan fingerprint density at radius 3 is 2.68 bits per heavy atom. The number of ether oxygens (including phenoxy) is 1. The lowest BCUT2D eigenvalue weighted by Crippen LogP contribution is -2.33. The minimum atomic E-state index is -1.02. The second-order valence-electron chi connectivity index (χ2n) is 4.87. The first-order chi connectivity index (χ1) is 10.5. The van der Waals surface area contributed by atoms with E-state index in [1.165, 1.54) is 17.1 Å². The van der Waals surface area contributed by atoms with Crippen LogP contribution < -0.4 is 21.3 Å². The fraction of sp³-hybridized carbons (Fsp3) is 0.188. The molecule has 2 rings (SSSR count). The van der Waals surface area contributed by atoms with E-state index >= 15 is 0 Å². The second-order valence-corrected chi connectivity index (χ2v) is 4.87. The van der Waals surface area contributed by atoms with Crippen LogP contribution in [0, 0.1) is 0 Å². The molecule has 0 aliphatic rings. The summed E-state index contributed by atoms with van der Waals surface area (Å²) in [5.41, 5.74) is 8.05. The lowest BCUT2D eigenvalue weighted by Gasteiger charge is -2.20. The first-order valence-corrected chi connectivity index (χ1v) is 6.79. The lowest BCUT2D eigenvalue weighted by atomic mass is 10.1. The highest BCUT2D eigenvalue weighted by Crippen LogP contribution is 2.23. The number of aromatic carboxylic acids is 1. The molecule has 0 radical (unpaired) electrons. The van der Waals surface area contributed by atoms with E-state index in [0.29, 0.717) is 24.3 Å². The molecule has 0 atom stereocenters. The molecule has 0 bridgehead atoms. The highest BCUT2D eigenvalue weighted by molar-refractivity contribution is 5.90. The number of carbonyl (C=O) groups is 1. The molecule has 2 aromatic rings. The molecule has 0 amide bonds. The molecule has 0 saturated heterocycles. The third kappa shape index (κ3) is 3.67. The van der Waals surface area contributed by atoms with Crippen LogP contribution in [0.15, 0.2) is 42.5 Å². The van der Waals surface area contributed by atoms with Crippen LogP contribution in [-0.4, -0.2) is 24.7 Å². The van der Waals surface area contributed by atoms with E-state index in [1.807, 2.05) is 24.3 Å². The average molecular weight is 301 g/mol. The van der Waals surface area contributed by atoms with Crippen molar-refractivity contribution in [2.45, 2.75) is 6.42 Å². The Bertz CT molecular complexity index is 673. The normalized spacial score (nSPS) is 10.3. The van der Waals surface area contributed by atoms with Crippen LogP contribution >= 0.6 is 0 Å². The zero-order valence-corrected chi connectivity index (χ0v) is 12.3. The molecule has 0 heterocycles. The SMILES string of the molecule is COc1cccc(CCN(N)c2ccc(C(=O)O)cc2N)c1. The monoisotopic (exact) mass is 301 g/mol. The molecule has 6 heteroatoms. The quantitative estimate of drug-likeness (QED) is 0.428. The van der Waals surface area contributed by atoms with Gasteiger partial charge < -0.3 is 20.6 Å². The lowest BCUT2D eigenvalue weighted by molar-refractivity contribution is 0.0697. The average Bonchev–Trinajstić information content (AvgIpc) is 2.52.